The Kier molecular flexibility index (Phi) is 6.27. The number of hydrogen-bond acceptors (Lipinski definition) is 3. The highest BCUT2D eigenvalue weighted by atomic mass is 79.9. The van der Waals surface area contributed by atoms with Crippen molar-refractivity contribution < 1.29 is 4.74 Å². The first-order valence-electron chi connectivity index (χ1n) is 7.31. The van der Waals surface area contributed by atoms with Gasteiger partial charge in [-0.05, 0) is 70.0 Å². The minimum Gasteiger partial charge on any atom is -0.496 e. The average Bonchev–Trinajstić information content (AvgIpc) is 2.95. The molecule has 1 heterocycles. The fourth-order valence-electron chi connectivity index (χ4n) is 2.52. The second-order valence-corrected chi connectivity index (χ2v) is 6.75. The highest BCUT2D eigenvalue weighted by Gasteiger charge is 2.16. The summed E-state index contributed by atoms with van der Waals surface area (Å²) >= 11 is 5.42. The van der Waals surface area contributed by atoms with Crippen molar-refractivity contribution in [3.63, 3.8) is 0 Å². The second kappa shape index (κ2) is 7.97. The lowest BCUT2D eigenvalue weighted by atomic mass is 10.0. The molecule has 2 rings (SSSR count). The van der Waals surface area contributed by atoms with E-state index in [-0.39, 0.29) is 0 Å². The van der Waals surface area contributed by atoms with Crippen LogP contribution < -0.4 is 10.1 Å². The van der Waals surface area contributed by atoms with Gasteiger partial charge in [-0.3, -0.25) is 0 Å². The maximum absolute atomic E-state index is 5.30. The third kappa shape index (κ3) is 4.09. The number of halogens is 1. The van der Waals surface area contributed by atoms with Crippen LogP contribution in [0.15, 0.2) is 34.1 Å². The molecule has 0 fully saturated rings. The Morgan fingerprint density at radius 1 is 1.29 bits per heavy atom. The first kappa shape index (κ1) is 16.5. The SMILES string of the molecule is CCNC(Cc1ccc(OC)c(Br)c1)c1sccc1CC. The quantitative estimate of drug-likeness (QED) is 0.745. The molecule has 1 N–H and O–H groups in total. The Labute approximate surface area is 139 Å². The van der Waals surface area contributed by atoms with Crippen molar-refractivity contribution in [3.05, 3.63) is 50.1 Å². The molecular weight excluding hydrogens is 346 g/mol. The Morgan fingerprint density at radius 2 is 2.10 bits per heavy atom. The zero-order chi connectivity index (χ0) is 15.2. The van der Waals surface area contributed by atoms with E-state index in [1.807, 2.05) is 17.4 Å². The van der Waals surface area contributed by atoms with Gasteiger partial charge in [-0.2, -0.15) is 0 Å². The van der Waals surface area contributed by atoms with Crippen LogP contribution in [0.5, 0.6) is 5.75 Å². The lowest BCUT2D eigenvalue weighted by molar-refractivity contribution is 0.412. The summed E-state index contributed by atoms with van der Waals surface area (Å²) in [6.45, 7) is 5.36. The van der Waals surface area contributed by atoms with Crippen LogP contribution in [-0.4, -0.2) is 13.7 Å². The summed E-state index contributed by atoms with van der Waals surface area (Å²) in [5, 5.41) is 5.82. The van der Waals surface area contributed by atoms with Crippen LogP contribution in [0.25, 0.3) is 0 Å². The molecule has 21 heavy (non-hydrogen) atoms. The number of methoxy groups -OCH3 is 1. The van der Waals surface area contributed by atoms with Gasteiger partial charge >= 0.3 is 0 Å². The van der Waals surface area contributed by atoms with Gasteiger partial charge in [0.15, 0.2) is 0 Å². The van der Waals surface area contributed by atoms with Crippen LogP contribution in [0.1, 0.15) is 35.9 Å². The Morgan fingerprint density at radius 3 is 2.71 bits per heavy atom. The van der Waals surface area contributed by atoms with E-state index < -0.39 is 0 Å². The van der Waals surface area contributed by atoms with E-state index in [1.165, 1.54) is 16.0 Å². The minimum absolute atomic E-state index is 0.380. The number of rotatable bonds is 7. The summed E-state index contributed by atoms with van der Waals surface area (Å²) in [6, 6.07) is 8.95. The minimum atomic E-state index is 0.380. The van der Waals surface area contributed by atoms with E-state index in [9.17, 15) is 0 Å². The molecule has 0 aliphatic rings. The lowest BCUT2D eigenvalue weighted by Crippen LogP contribution is -2.23. The summed E-state index contributed by atoms with van der Waals surface area (Å²) in [6.07, 6.45) is 2.08. The molecule has 1 aromatic carbocycles. The molecule has 0 aliphatic heterocycles. The van der Waals surface area contributed by atoms with E-state index in [2.05, 4.69) is 58.7 Å². The van der Waals surface area contributed by atoms with E-state index in [0.717, 1.165) is 29.6 Å². The van der Waals surface area contributed by atoms with E-state index in [0.29, 0.717) is 6.04 Å². The lowest BCUT2D eigenvalue weighted by Gasteiger charge is -2.19. The molecular formula is C17H22BrNOS. The van der Waals surface area contributed by atoms with Gasteiger partial charge in [0.25, 0.3) is 0 Å². The zero-order valence-corrected chi connectivity index (χ0v) is 15.2. The van der Waals surface area contributed by atoms with Gasteiger partial charge in [0.2, 0.25) is 0 Å². The fourth-order valence-corrected chi connectivity index (χ4v) is 4.18. The molecule has 1 atom stereocenters. The first-order valence-corrected chi connectivity index (χ1v) is 8.98. The maximum atomic E-state index is 5.30. The van der Waals surface area contributed by atoms with Crippen molar-refractivity contribution in [3.8, 4) is 5.75 Å². The molecule has 2 nitrogen and oxygen atoms in total. The Bertz CT molecular complexity index is 582. The molecule has 0 saturated carbocycles. The summed E-state index contributed by atoms with van der Waals surface area (Å²) in [5.74, 6) is 0.879. The van der Waals surface area contributed by atoms with Gasteiger partial charge in [0.05, 0.1) is 11.6 Å². The van der Waals surface area contributed by atoms with Crippen LogP contribution in [0.2, 0.25) is 0 Å². The number of hydrogen-bond donors (Lipinski definition) is 1. The van der Waals surface area contributed by atoms with Crippen molar-refractivity contribution >= 4 is 27.3 Å². The van der Waals surface area contributed by atoms with Crippen LogP contribution in [0.3, 0.4) is 0 Å². The van der Waals surface area contributed by atoms with Gasteiger partial charge in [0, 0.05) is 10.9 Å². The normalized spacial score (nSPS) is 12.4. The zero-order valence-electron chi connectivity index (χ0n) is 12.8. The summed E-state index contributed by atoms with van der Waals surface area (Å²) < 4.78 is 6.31. The standard InChI is InChI=1S/C17H22BrNOS/c1-4-13-8-9-21-17(13)15(19-5-2)11-12-6-7-16(20-3)14(18)10-12/h6-10,15,19H,4-5,11H2,1-3H3. The van der Waals surface area contributed by atoms with E-state index >= 15 is 0 Å². The topological polar surface area (TPSA) is 21.3 Å². The van der Waals surface area contributed by atoms with E-state index in [4.69, 9.17) is 4.74 Å². The monoisotopic (exact) mass is 367 g/mol. The summed E-state index contributed by atoms with van der Waals surface area (Å²) in [4.78, 5) is 1.46. The molecule has 0 aliphatic carbocycles. The predicted molar refractivity (Wildman–Crippen MR) is 94.5 cm³/mol. The summed E-state index contributed by atoms with van der Waals surface area (Å²) in [5.41, 5.74) is 2.77. The van der Waals surface area contributed by atoms with Gasteiger partial charge in [-0.1, -0.05) is 19.9 Å². The van der Waals surface area contributed by atoms with Crippen LogP contribution in [0, 0.1) is 0 Å². The average molecular weight is 368 g/mol. The third-order valence-corrected chi connectivity index (χ3v) is 5.28. The number of thiophene rings is 1. The predicted octanol–water partition coefficient (Wildman–Crippen LogP) is 4.97. The van der Waals surface area contributed by atoms with Crippen molar-refractivity contribution in [2.24, 2.45) is 0 Å². The van der Waals surface area contributed by atoms with Crippen molar-refractivity contribution in [1.29, 1.82) is 0 Å². The molecule has 0 saturated heterocycles. The molecule has 1 aromatic heterocycles. The number of benzene rings is 1. The van der Waals surface area contributed by atoms with Crippen molar-refractivity contribution in [2.75, 3.05) is 13.7 Å². The number of nitrogens with one attached hydrogen (secondary N) is 1. The highest BCUT2D eigenvalue weighted by molar-refractivity contribution is 9.10. The smallest absolute Gasteiger partial charge is 0.133 e. The number of likely N-dealkylation sites (N-methyl/N-ethyl adjacent to an activating group) is 1. The van der Waals surface area contributed by atoms with Gasteiger partial charge in [0.1, 0.15) is 5.75 Å². The second-order valence-electron chi connectivity index (χ2n) is 4.95. The molecule has 0 spiro atoms. The van der Waals surface area contributed by atoms with Crippen LogP contribution in [-0.2, 0) is 12.8 Å². The fraction of sp³-hybridized carbons (Fsp3) is 0.412. The van der Waals surface area contributed by atoms with Crippen LogP contribution >= 0.6 is 27.3 Å². The molecule has 0 bridgehead atoms. The van der Waals surface area contributed by atoms with Gasteiger partial charge in [-0.25, -0.2) is 0 Å². The van der Waals surface area contributed by atoms with E-state index in [1.54, 1.807) is 7.11 Å². The van der Waals surface area contributed by atoms with Gasteiger partial charge < -0.3 is 10.1 Å². The molecule has 1 unspecified atom stereocenters. The molecule has 0 amide bonds. The molecule has 4 heteroatoms. The Balaban J connectivity index is 2.22. The van der Waals surface area contributed by atoms with Gasteiger partial charge in [-0.15, -0.1) is 11.3 Å². The Hall–Kier alpha value is -0.840. The first-order chi connectivity index (χ1) is 10.2. The summed E-state index contributed by atoms with van der Waals surface area (Å²) in [7, 11) is 1.69. The molecule has 2 aromatic rings. The number of ether oxygens (including phenoxy) is 1. The van der Waals surface area contributed by atoms with Crippen molar-refractivity contribution in [1.82, 2.24) is 5.32 Å². The van der Waals surface area contributed by atoms with Crippen LogP contribution in [0.4, 0.5) is 0 Å². The molecule has 114 valence electrons. The van der Waals surface area contributed by atoms with Crippen molar-refractivity contribution in [2.45, 2.75) is 32.7 Å². The number of aryl methyl sites for hydroxylation is 1. The molecule has 0 radical (unpaired) electrons. The maximum Gasteiger partial charge on any atom is 0.133 e. The third-order valence-electron chi connectivity index (χ3n) is 3.58. The largest absolute Gasteiger partial charge is 0.496 e. The highest BCUT2D eigenvalue weighted by Crippen LogP contribution is 2.31.